The van der Waals surface area contributed by atoms with Gasteiger partial charge in [0.2, 0.25) is 0 Å². The summed E-state index contributed by atoms with van der Waals surface area (Å²) in [4.78, 5) is 7.29. The quantitative estimate of drug-likeness (QED) is 0.927. The number of nitrogens with zero attached hydrogens (tertiary/aromatic N) is 2. The summed E-state index contributed by atoms with van der Waals surface area (Å²) in [5.74, 6) is 1.12. The van der Waals surface area contributed by atoms with E-state index in [1.807, 2.05) is 7.05 Å². The molecule has 1 N–H and O–H groups in total. The van der Waals surface area contributed by atoms with E-state index in [1.165, 1.54) is 17.4 Å². The molecule has 0 bridgehead atoms. The van der Waals surface area contributed by atoms with Gasteiger partial charge in [-0.2, -0.15) is 0 Å². The van der Waals surface area contributed by atoms with Crippen molar-refractivity contribution in [3.63, 3.8) is 0 Å². The van der Waals surface area contributed by atoms with Gasteiger partial charge in [0.25, 0.3) is 0 Å². The van der Waals surface area contributed by atoms with Crippen molar-refractivity contribution < 1.29 is 0 Å². The average Bonchev–Trinajstić information content (AvgIpc) is 2.79. The lowest BCUT2D eigenvalue weighted by molar-refractivity contribution is 0.418. The molecule has 1 aromatic heterocycles. The molecule has 1 aromatic carbocycles. The van der Waals surface area contributed by atoms with Crippen LogP contribution in [0.1, 0.15) is 25.8 Å². The Morgan fingerprint density at radius 1 is 1.30 bits per heavy atom. The zero-order chi connectivity index (χ0) is 14.2. The molecule has 106 valence electrons. The molecule has 3 rings (SSSR count). The van der Waals surface area contributed by atoms with Crippen LogP contribution in [0, 0.1) is 5.41 Å². The standard InChI is InChI=1S/C17H23N3/c1-17(2)8-9-20(12-17)16-10-13(11-18-3)14-6-4-5-7-15(14)19-16/h4-7,10,18H,8-9,11-12H2,1-3H3. The second-order valence-electron chi connectivity index (χ2n) is 6.52. The molecule has 3 nitrogen and oxygen atoms in total. The molecule has 0 amide bonds. The smallest absolute Gasteiger partial charge is 0.129 e. The first-order valence-electron chi connectivity index (χ1n) is 7.37. The summed E-state index contributed by atoms with van der Waals surface area (Å²) in [5.41, 5.74) is 2.83. The lowest BCUT2D eigenvalue weighted by Gasteiger charge is -2.22. The Hall–Kier alpha value is -1.61. The van der Waals surface area contributed by atoms with Crippen LogP contribution in [0.5, 0.6) is 0 Å². The van der Waals surface area contributed by atoms with Crippen LogP contribution >= 0.6 is 0 Å². The first-order chi connectivity index (χ1) is 9.59. The summed E-state index contributed by atoms with van der Waals surface area (Å²) < 4.78 is 0. The molecule has 0 radical (unpaired) electrons. The van der Waals surface area contributed by atoms with Gasteiger partial charge in [0.15, 0.2) is 0 Å². The van der Waals surface area contributed by atoms with Gasteiger partial charge in [-0.3, -0.25) is 0 Å². The van der Waals surface area contributed by atoms with Gasteiger partial charge in [0, 0.05) is 25.0 Å². The SMILES string of the molecule is CNCc1cc(N2CCC(C)(C)C2)nc2ccccc12. The van der Waals surface area contributed by atoms with Gasteiger partial charge in [0.1, 0.15) is 5.82 Å². The molecule has 1 fully saturated rings. The fourth-order valence-electron chi connectivity index (χ4n) is 3.04. The lowest BCUT2D eigenvalue weighted by atomic mass is 9.93. The first-order valence-corrected chi connectivity index (χ1v) is 7.37. The summed E-state index contributed by atoms with van der Waals surface area (Å²) in [5, 5.41) is 4.52. The van der Waals surface area contributed by atoms with Crippen molar-refractivity contribution in [2.24, 2.45) is 5.41 Å². The summed E-state index contributed by atoms with van der Waals surface area (Å²) in [6.45, 7) is 7.76. The van der Waals surface area contributed by atoms with Gasteiger partial charge in [-0.25, -0.2) is 4.98 Å². The van der Waals surface area contributed by atoms with Crippen molar-refractivity contribution in [1.29, 1.82) is 0 Å². The number of para-hydroxylation sites is 1. The van der Waals surface area contributed by atoms with Crippen LogP contribution in [0.15, 0.2) is 30.3 Å². The fraction of sp³-hybridized carbons (Fsp3) is 0.471. The first kappa shape index (κ1) is 13.4. The van der Waals surface area contributed by atoms with Crippen LogP contribution in [0.25, 0.3) is 10.9 Å². The number of fused-ring (bicyclic) bond motifs is 1. The van der Waals surface area contributed by atoms with E-state index >= 15 is 0 Å². The number of hydrogen-bond donors (Lipinski definition) is 1. The molecule has 3 heteroatoms. The van der Waals surface area contributed by atoms with E-state index in [9.17, 15) is 0 Å². The molecule has 1 aliphatic rings. The van der Waals surface area contributed by atoms with E-state index < -0.39 is 0 Å². The molecule has 0 spiro atoms. The van der Waals surface area contributed by atoms with Crippen molar-refractivity contribution in [2.45, 2.75) is 26.8 Å². The van der Waals surface area contributed by atoms with E-state index in [0.29, 0.717) is 5.41 Å². The van der Waals surface area contributed by atoms with Crippen LogP contribution in [0.4, 0.5) is 5.82 Å². The van der Waals surface area contributed by atoms with E-state index in [0.717, 1.165) is 31.0 Å². The third-order valence-electron chi connectivity index (χ3n) is 4.16. The predicted octanol–water partition coefficient (Wildman–Crippen LogP) is 3.19. The Morgan fingerprint density at radius 2 is 2.10 bits per heavy atom. The molecule has 0 unspecified atom stereocenters. The monoisotopic (exact) mass is 269 g/mol. The van der Waals surface area contributed by atoms with Crippen LogP contribution < -0.4 is 10.2 Å². The highest BCUT2D eigenvalue weighted by Crippen LogP contribution is 2.33. The maximum atomic E-state index is 4.86. The second kappa shape index (κ2) is 5.06. The predicted molar refractivity (Wildman–Crippen MR) is 85.1 cm³/mol. The topological polar surface area (TPSA) is 28.2 Å². The minimum absolute atomic E-state index is 0.399. The minimum atomic E-state index is 0.399. The molecule has 0 saturated carbocycles. The molecular weight excluding hydrogens is 246 g/mol. The fourth-order valence-corrected chi connectivity index (χ4v) is 3.04. The third-order valence-corrected chi connectivity index (χ3v) is 4.16. The van der Waals surface area contributed by atoms with Crippen molar-refractivity contribution in [3.8, 4) is 0 Å². The van der Waals surface area contributed by atoms with E-state index in [2.05, 4.69) is 54.4 Å². The number of nitrogens with one attached hydrogen (secondary N) is 1. The number of anilines is 1. The number of aromatic nitrogens is 1. The number of rotatable bonds is 3. The van der Waals surface area contributed by atoms with Crippen molar-refractivity contribution >= 4 is 16.7 Å². The average molecular weight is 269 g/mol. The lowest BCUT2D eigenvalue weighted by Crippen LogP contribution is -2.24. The van der Waals surface area contributed by atoms with Crippen molar-refractivity contribution in [3.05, 3.63) is 35.9 Å². The summed E-state index contributed by atoms with van der Waals surface area (Å²) in [6.07, 6.45) is 1.24. The molecule has 1 aliphatic heterocycles. The van der Waals surface area contributed by atoms with E-state index in [1.54, 1.807) is 0 Å². The summed E-state index contributed by atoms with van der Waals surface area (Å²) >= 11 is 0. The maximum Gasteiger partial charge on any atom is 0.129 e. The molecule has 1 saturated heterocycles. The zero-order valence-corrected chi connectivity index (χ0v) is 12.6. The maximum absolute atomic E-state index is 4.86. The van der Waals surface area contributed by atoms with Gasteiger partial charge in [-0.1, -0.05) is 32.0 Å². The molecule has 2 heterocycles. The van der Waals surface area contributed by atoms with Gasteiger partial charge in [-0.15, -0.1) is 0 Å². The third kappa shape index (κ3) is 2.50. The number of benzene rings is 1. The van der Waals surface area contributed by atoms with E-state index in [4.69, 9.17) is 4.98 Å². The zero-order valence-electron chi connectivity index (χ0n) is 12.6. The van der Waals surface area contributed by atoms with Crippen LogP contribution in [-0.2, 0) is 6.54 Å². The Kier molecular flexibility index (Phi) is 3.38. The highest BCUT2D eigenvalue weighted by atomic mass is 15.2. The highest BCUT2D eigenvalue weighted by molar-refractivity contribution is 5.84. The van der Waals surface area contributed by atoms with Gasteiger partial charge in [-0.05, 0) is 36.6 Å². The van der Waals surface area contributed by atoms with Gasteiger partial charge >= 0.3 is 0 Å². The minimum Gasteiger partial charge on any atom is -0.356 e. The van der Waals surface area contributed by atoms with Gasteiger partial charge < -0.3 is 10.2 Å². The highest BCUT2D eigenvalue weighted by Gasteiger charge is 2.30. The second-order valence-corrected chi connectivity index (χ2v) is 6.52. The molecular formula is C17H23N3. The van der Waals surface area contributed by atoms with Crippen LogP contribution in [-0.4, -0.2) is 25.1 Å². The van der Waals surface area contributed by atoms with Crippen LogP contribution in [0.2, 0.25) is 0 Å². The van der Waals surface area contributed by atoms with Crippen molar-refractivity contribution in [1.82, 2.24) is 10.3 Å². The Labute approximate surface area is 121 Å². The Balaban J connectivity index is 2.04. The largest absolute Gasteiger partial charge is 0.356 e. The van der Waals surface area contributed by atoms with Crippen molar-refractivity contribution in [2.75, 3.05) is 25.0 Å². The van der Waals surface area contributed by atoms with Gasteiger partial charge in [0.05, 0.1) is 5.52 Å². The van der Waals surface area contributed by atoms with E-state index in [-0.39, 0.29) is 0 Å². The van der Waals surface area contributed by atoms with Crippen LogP contribution in [0.3, 0.4) is 0 Å². The number of hydrogen-bond acceptors (Lipinski definition) is 3. The Bertz CT molecular complexity index is 619. The summed E-state index contributed by atoms with van der Waals surface area (Å²) in [6, 6.07) is 10.7. The summed E-state index contributed by atoms with van der Waals surface area (Å²) in [7, 11) is 1.99. The normalized spacial score (nSPS) is 17.9. The molecule has 20 heavy (non-hydrogen) atoms. The molecule has 0 atom stereocenters. The molecule has 2 aromatic rings. The number of pyridine rings is 1. The molecule has 0 aliphatic carbocycles. The Morgan fingerprint density at radius 3 is 2.80 bits per heavy atom.